The maximum Gasteiger partial charge on any atom is 0.321 e. The van der Waals surface area contributed by atoms with Crippen molar-refractivity contribution in [2.45, 2.75) is 0 Å². The first-order chi connectivity index (χ1) is 11.8. The summed E-state index contributed by atoms with van der Waals surface area (Å²) in [7, 11) is 0. The number of amides is 1. The van der Waals surface area contributed by atoms with Crippen molar-refractivity contribution in [2.24, 2.45) is 0 Å². The van der Waals surface area contributed by atoms with Crippen LogP contribution in [0.1, 0.15) is 5.56 Å². The van der Waals surface area contributed by atoms with Crippen molar-refractivity contribution in [3.8, 4) is 11.8 Å². The van der Waals surface area contributed by atoms with E-state index in [1.54, 1.807) is 61.2 Å². The molecule has 118 valence electrons. The Kier molecular flexibility index (Phi) is 4.89. The monoisotopic (exact) mass is 318 g/mol. The fourth-order valence-corrected chi connectivity index (χ4v) is 1.88. The SMILES string of the molecule is O=C(/C=C/c1ccncc1)Nc1ccc(Oc2ncccn2)cc1. The van der Waals surface area contributed by atoms with E-state index in [1.165, 1.54) is 6.08 Å². The second-order valence-electron chi connectivity index (χ2n) is 4.76. The predicted molar refractivity (Wildman–Crippen MR) is 90.4 cm³/mol. The number of anilines is 1. The highest BCUT2D eigenvalue weighted by Gasteiger charge is 2.01. The van der Waals surface area contributed by atoms with Gasteiger partial charge in [-0.3, -0.25) is 9.78 Å². The van der Waals surface area contributed by atoms with Gasteiger partial charge >= 0.3 is 6.01 Å². The topological polar surface area (TPSA) is 77.0 Å². The molecule has 0 unspecified atom stereocenters. The summed E-state index contributed by atoms with van der Waals surface area (Å²) in [5, 5.41) is 2.78. The standard InChI is InChI=1S/C18H14N4O2/c23-17(7-2-14-8-12-19-13-9-14)22-15-3-5-16(6-4-15)24-18-20-10-1-11-21-18/h1-13H,(H,22,23)/b7-2+. The second-order valence-corrected chi connectivity index (χ2v) is 4.76. The Bertz CT molecular complexity index is 819. The molecule has 3 aromatic rings. The average Bonchev–Trinajstić information content (AvgIpc) is 2.63. The lowest BCUT2D eigenvalue weighted by Gasteiger charge is -2.05. The van der Waals surface area contributed by atoms with Gasteiger partial charge in [-0.2, -0.15) is 0 Å². The minimum absolute atomic E-state index is 0.216. The third-order valence-corrected chi connectivity index (χ3v) is 3.01. The molecule has 0 aliphatic heterocycles. The van der Waals surface area contributed by atoms with Gasteiger partial charge in [-0.05, 0) is 54.1 Å². The van der Waals surface area contributed by atoms with Crippen molar-refractivity contribution in [3.05, 3.63) is 78.9 Å². The van der Waals surface area contributed by atoms with Crippen LogP contribution in [0.5, 0.6) is 11.8 Å². The van der Waals surface area contributed by atoms with Crippen LogP contribution in [0.4, 0.5) is 5.69 Å². The summed E-state index contributed by atoms with van der Waals surface area (Å²) >= 11 is 0. The molecule has 1 aromatic carbocycles. The summed E-state index contributed by atoms with van der Waals surface area (Å²) in [6, 6.07) is 12.6. The van der Waals surface area contributed by atoms with Crippen LogP contribution < -0.4 is 10.1 Å². The number of rotatable bonds is 5. The van der Waals surface area contributed by atoms with Gasteiger partial charge in [0.2, 0.25) is 5.91 Å². The van der Waals surface area contributed by atoms with E-state index in [-0.39, 0.29) is 11.9 Å². The van der Waals surface area contributed by atoms with E-state index in [4.69, 9.17) is 4.74 Å². The third kappa shape index (κ3) is 4.48. The molecule has 24 heavy (non-hydrogen) atoms. The molecule has 1 amide bonds. The van der Waals surface area contributed by atoms with E-state index in [2.05, 4.69) is 20.3 Å². The quantitative estimate of drug-likeness (QED) is 0.730. The van der Waals surface area contributed by atoms with Crippen molar-refractivity contribution in [3.63, 3.8) is 0 Å². The molecule has 0 spiro atoms. The van der Waals surface area contributed by atoms with Crippen LogP contribution in [0.25, 0.3) is 6.08 Å². The summed E-state index contributed by atoms with van der Waals surface area (Å²) in [6.45, 7) is 0. The zero-order valence-electron chi connectivity index (χ0n) is 12.7. The van der Waals surface area contributed by atoms with E-state index in [0.717, 1.165) is 5.56 Å². The van der Waals surface area contributed by atoms with Crippen LogP contribution in [0.2, 0.25) is 0 Å². The molecule has 6 heteroatoms. The predicted octanol–water partition coefficient (Wildman–Crippen LogP) is 3.32. The minimum Gasteiger partial charge on any atom is -0.424 e. The number of pyridine rings is 1. The number of benzene rings is 1. The van der Waals surface area contributed by atoms with Crippen molar-refractivity contribution < 1.29 is 9.53 Å². The van der Waals surface area contributed by atoms with Gasteiger partial charge < -0.3 is 10.1 Å². The van der Waals surface area contributed by atoms with Crippen molar-refractivity contribution in [2.75, 3.05) is 5.32 Å². The number of carbonyl (C=O) groups excluding carboxylic acids is 1. The zero-order chi connectivity index (χ0) is 16.6. The Morgan fingerprint density at radius 3 is 2.38 bits per heavy atom. The minimum atomic E-state index is -0.216. The second kappa shape index (κ2) is 7.64. The first-order valence-electron chi connectivity index (χ1n) is 7.24. The number of carbonyl (C=O) groups is 1. The lowest BCUT2D eigenvalue weighted by molar-refractivity contribution is -0.111. The lowest BCUT2D eigenvalue weighted by atomic mass is 10.2. The fraction of sp³-hybridized carbons (Fsp3) is 0. The zero-order valence-corrected chi connectivity index (χ0v) is 12.7. The Balaban J connectivity index is 1.58. The van der Waals surface area contributed by atoms with E-state index in [1.807, 2.05) is 12.1 Å². The molecule has 3 rings (SSSR count). The molecule has 0 saturated heterocycles. The van der Waals surface area contributed by atoms with Crippen LogP contribution in [-0.4, -0.2) is 20.9 Å². The molecule has 0 aliphatic rings. The number of aromatic nitrogens is 3. The Labute approximate surface area is 138 Å². The maximum absolute atomic E-state index is 11.9. The van der Waals surface area contributed by atoms with Gasteiger partial charge in [0.05, 0.1) is 0 Å². The molecule has 6 nitrogen and oxygen atoms in total. The van der Waals surface area contributed by atoms with Gasteiger partial charge in [-0.15, -0.1) is 0 Å². The fourth-order valence-electron chi connectivity index (χ4n) is 1.88. The van der Waals surface area contributed by atoms with Crippen molar-refractivity contribution >= 4 is 17.7 Å². The Morgan fingerprint density at radius 1 is 0.958 bits per heavy atom. The van der Waals surface area contributed by atoms with Crippen LogP contribution in [0, 0.1) is 0 Å². The van der Waals surface area contributed by atoms with Gasteiger partial charge in [0.15, 0.2) is 0 Å². The molecule has 0 atom stereocenters. The summed E-state index contributed by atoms with van der Waals surface area (Å²) in [4.78, 5) is 23.8. The van der Waals surface area contributed by atoms with E-state index >= 15 is 0 Å². The first kappa shape index (κ1) is 15.4. The molecule has 2 aromatic heterocycles. The number of nitrogens with zero attached hydrogens (tertiary/aromatic N) is 3. The molecule has 1 N–H and O–H groups in total. The summed E-state index contributed by atoms with van der Waals surface area (Å²) < 4.78 is 5.49. The summed E-state index contributed by atoms with van der Waals surface area (Å²) in [5.74, 6) is 0.374. The van der Waals surface area contributed by atoms with Gasteiger partial charge in [-0.25, -0.2) is 9.97 Å². The molecular weight excluding hydrogens is 304 g/mol. The van der Waals surface area contributed by atoms with E-state index < -0.39 is 0 Å². The highest BCUT2D eigenvalue weighted by Crippen LogP contribution is 2.19. The smallest absolute Gasteiger partial charge is 0.321 e. The Hall–Kier alpha value is -3.54. The molecule has 0 bridgehead atoms. The van der Waals surface area contributed by atoms with Crippen LogP contribution in [0.3, 0.4) is 0 Å². The highest BCUT2D eigenvalue weighted by molar-refractivity contribution is 6.01. The number of hydrogen-bond donors (Lipinski definition) is 1. The maximum atomic E-state index is 11.9. The van der Waals surface area contributed by atoms with Gasteiger partial charge in [0.25, 0.3) is 0 Å². The average molecular weight is 318 g/mol. The largest absolute Gasteiger partial charge is 0.424 e. The van der Waals surface area contributed by atoms with Gasteiger partial charge in [0.1, 0.15) is 5.75 Å². The van der Waals surface area contributed by atoms with Gasteiger partial charge in [0, 0.05) is 36.6 Å². The van der Waals surface area contributed by atoms with E-state index in [0.29, 0.717) is 11.4 Å². The van der Waals surface area contributed by atoms with Crippen molar-refractivity contribution in [1.82, 2.24) is 15.0 Å². The van der Waals surface area contributed by atoms with E-state index in [9.17, 15) is 4.79 Å². The Morgan fingerprint density at radius 2 is 1.67 bits per heavy atom. The van der Waals surface area contributed by atoms with Crippen LogP contribution in [0.15, 0.2) is 73.3 Å². The molecule has 0 saturated carbocycles. The first-order valence-corrected chi connectivity index (χ1v) is 7.24. The normalized spacial score (nSPS) is 10.5. The molecule has 2 heterocycles. The summed E-state index contributed by atoms with van der Waals surface area (Å²) in [5.41, 5.74) is 1.58. The number of ether oxygens (including phenoxy) is 1. The van der Waals surface area contributed by atoms with Crippen LogP contribution >= 0.6 is 0 Å². The summed E-state index contributed by atoms with van der Waals surface area (Å²) in [6.07, 6.45) is 9.75. The highest BCUT2D eigenvalue weighted by atomic mass is 16.5. The number of hydrogen-bond acceptors (Lipinski definition) is 5. The van der Waals surface area contributed by atoms with Crippen LogP contribution in [-0.2, 0) is 4.79 Å². The third-order valence-electron chi connectivity index (χ3n) is 3.01. The van der Waals surface area contributed by atoms with Gasteiger partial charge in [-0.1, -0.05) is 0 Å². The molecule has 0 radical (unpaired) electrons. The molecule has 0 aliphatic carbocycles. The molecule has 0 fully saturated rings. The number of nitrogens with one attached hydrogen (secondary N) is 1. The molecular formula is C18H14N4O2. The lowest BCUT2D eigenvalue weighted by Crippen LogP contribution is -2.07. The van der Waals surface area contributed by atoms with Crippen molar-refractivity contribution in [1.29, 1.82) is 0 Å².